The molecule has 0 radical (unpaired) electrons. The molecule has 1 aromatic rings. The highest BCUT2D eigenvalue weighted by atomic mass is 19.3. The van der Waals surface area contributed by atoms with Crippen molar-refractivity contribution in [2.45, 2.75) is 70.8 Å². The van der Waals surface area contributed by atoms with Gasteiger partial charge in [0.05, 0.1) is 5.92 Å². The van der Waals surface area contributed by atoms with Crippen molar-refractivity contribution >= 4 is 0 Å². The fourth-order valence-electron chi connectivity index (χ4n) is 4.60. The number of benzene rings is 1. The Morgan fingerprint density at radius 1 is 0.889 bits per heavy atom. The molecule has 2 fully saturated rings. The molecular weight excluding hydrogens is 363 g/mol. The summed E-state index contributed by atoms with van der Waals surface area (Å²) in [6.07, 6.45) is 4.68. The average Bonchev–Trinajstić information content (AvgIpc) is 2.62. The standard InChI is InChI=1S/C21H27F5O.2H2/c1-13-2-4-14(5-3-13)10-15-6-8-16(9-7-15)21(25,26)27-17-11-18(22)20(24)19(23)12-17;;/h11-16H,2-10H2,1H3;2*1H. The largest absolute Gasteiger partial charge is 0.432 e. The predicted octanol–water partition coefficient (Wildman–Crippen LogP) is 7.59. The van der Waals surface area contributed by atoms with E-state index in [1.165, 1.54) is 25.7 Å². The van der Waals surface area contributed by atoms with Crippen molar-refractivity contribution in [3.05, 3.63) is 29.6 Å². The first-order valence-corrected chi connectivity index (χ1v) is 9.96. The van der Waals surface area contributed by atoms with Crippen LogP contribution in [0, 0.1) is 41.1 Å². The third kappa shape index (κ3) is 5.14. The number of hydrogen-bond acceptors (Lipinski definition) is 1. The van der Waals surface area contributed by atoms with Crippen LogP contribution < -0.4 is 4.74 Å². The summed E-state index contributed by atoms with van der Waals surface area (Å²) in [5.74, 6) is -4.46. The van der Waals surface area contributed by atoms with Crippen molar-refractivity contribution < 1.29 is 29.5 Å². The van der Waals surface area contributed by atoms with E-state index in [1.807, 2.05) is 0 Å². The molecule has 27 heavy (non-hydrogen) atoms. The van der Waals surface area contributed by atoms with Gasteiger partial charge in [-0.25, -0.2) is 13.2 Å². The monoisotopic (exact) mass is 394 g/mol. The lowest BCUT2D eigenvalue weighted by Gasteiger charge is -2.35. The molecule has 0 heterocycles. The van der Waals surface area contributed by atoms with Crippen molar-refractivity contribution in [1.29, 1.82) is 0 Å². The molecule has 156 valence electrons. The molecule has 0 aromatic heterocycles. The minimum atomic E-state index is -3.53. The quantitative estimate of drug-likeness (QED) is 0.369. The van der Waals surface area contributed by atoms with Gasteiger partial charge in [-0.05, 0) is 49.9 Å². The van der Waals surface area contributed by atoms with E-state index in [1.54, 1.807) is 0 Å². The van der Waals surface area contributed by atoms with Crippen LogP contribution >= 0.6 is 0 Å². The Morgan fingerprint density at radius 3 is 1.89 bits per heavy atom. The van der Waals surface area contributed by atoms with Gasteiger partial charge in [0.25, 0.3) is 0 Å². The Morgan fingerprint density at radius 2 is 1.37 bits per heavy atom. The molecule has 0 atom stereocenters. The van der Waals surface area contributed by atoms with Gasteiger partial charge in [0.15, 0.2) is 17.5 Å². The highest BCUT2D eigenvalue weighted by Crippen LogP contribution is 2.43. The van der Waals surface area contributed by atoms with E-state index in [0.717, 1.165) is 25.2 Å². The van der Waals surface area contributed by atoms with Gasteiger partial charge >= 0.3 is 6.11 Å². The molecule has 3 rings (SSSR count). The average molecular weight is 394 g/mol. The fraction of sp³-hybridized carbons (Fsp3) is 0.714. The minimum absolute atomic E-state index is 0. The third-order valence-corrected chi connectivity index (χ3v) is 6.34. The SMILES string of the molecule is CC1CCC(CC2CCC(C(F)(F)Oc3cc(F)c(F)c(F)c3)CC2)CC1.[HH].[HH]. The number of halogens is 5. The minimum Gasteiger partial charge on any atom is -0.432 e. The van der Waals surface area contributed by atoms with E-state index in [-0.39, 0.29) is 2.85 Å². The first-order valence-electron chi connectivity index (χ1n) is 9.96. The molecule has 6 heteroatoms. The Hall–Kier alpha value is -1.33. The fourth-order valence-corrected chi connectivity index (χ4v) is 4.60. The summed E-state index contributed by atoms with van der Waals surface area (Å²) in [7, 11) is 0. The first-order chi connectivity index (χ1) is 12.7. The number of hydrogen-bond donors (Lipinski definition) is 0. The summed E-state index contributed by atoms with van der Waals surface area (Å²) in [5, 5.41) is 0. The van der Waals surface area contributed by atoms with Crippen molar-refractivity contribution in [1.82, 2.24) is 0 Å². The number of ether oxygens (including phenoxy) is 1. The third-order valence-electron chi connectivity index (χ3n) is 6.34. The zero-order valence-electron chi connectivity index (χ0n) is 15.6. The molecule has 1 aromatic carbocycles. The second-order valence-corrected chi connectivity index (χ2v) is 8.44. The number of alkyl halides is 2. The van der Waals surface area contributed by atoms with E-state index >= 15 is 0 Å². The predicted molar refractivity (Wildman–Crippen MR) is 97.3 cm³/mol. The van der Waals surface area contributed by atoms with Crippen molar-refractivity contribution in [2.24, 2.45) is 23.7 Å². The van der Waals surface area contributed by atoms with E-state index in [4.69, 9.17) is 0 Å². The normalized spacial score (nSPS) is 29.6. The molecule has 0 amide bonds. The number of rotatable bonds is 5. The van der Waals surface area contributed by atoms with Crippen LogP contribution in [-0.4, -0.2) is 6.11 Å². The Bertz CT molecular complexity index is 619. The van der Waals surface area contributed by atoms with Gasteiger partial charge in [0, 0.05) is 15.0 Å². The van der Waals surface area contributed by atoms with E-state index in [9.17, 15) is 22.0 Å². The zero-order chi connectivity index (χ0) is 19.6. The molecule has 0 aliphatic heterocycles. The topological polar surface area (TPSA) is 9.23 Å². The molecule has 0 unspecified atom stereocenters. The first kappa shape index (κ1) is 20.4. The lowest BCUT2D eigenvalue weighted by atomic mass is 9.73. The molecule has 2 aliphatic rings. The van der Waals surface area contributed by atoms with Crippen molar-refractivity contribution in [2.75, 3.05) is 0 Å². The van der Waals surface area contributed by atoms with Gasteiger partial charge in [-0.15, -0.1) is 0 Å². The van der Waals surface area contributed by atoms with Gasteiger partial charge < -0.3 is 4.74 Å². The van der Waals surface area contributed by atoms with Gasteiger partial charge in [0.1, 0.15) is 5.75 Å². The zero-order valence-corrected chi connectivity index (χ0v) is 15.6. The van der Waals surface area contributed by atoms with Crippen molar-refractivity contribution in [3.63, 3.8) is 0 Å². The Balaban J connectivity index is 0.00000210. The van der Waals surface area contributed by atoms with Gasteiger partial charge in [-0.1, -0.05) is 32.6 Å². The van der Waals surface area contributed by atoms with Crippen LogP contribution in [0.3, 0.4) is 0 Å². The molecule has 0 bridgehead atoms. The maximum atomic E-state index is 14.4. The summed E-state index contributed by atoms with van der Waals surface area (Å²) < 4.78 is 72.8. The Labute approximate surface area is 160 Å². The smallest absolute Gasteiger partial charge is 0.400 e. The second kappa shape index (κ2) is 8.36. The molecule has 0 saturated heterocycles. The lowest BCUT2D eigenvalue weighted by Crippen LogP contribution is -2.37. The van der Waals surface area contributed by atoms with Crippen LogP contribution in [0.5, 0.6) is 5.75 Å². The van der Waals surface area contributed by atoms with Crippen molar-refractivity contribution in [3.8, 4) is 5.75 Å². The van der Waals surface area contributed by atoms with Crippen LogP contribution in [-0.2, 0) is 0 Å². The van der Waals surface area contributed by atoms with E-state index in [0.29, 0.717) is 36.8 Å². The molecule has 1 nitrogen and oxygen atoms in total. The maximum absolute atomic E-state index is 14.4. The summed E-state index contributed by atoms with van der Waals surface area (Å²) in [6.45, 7) is 2.28. The van der Waals surface area contributed by atoms with Gasteiger partial charge in [-0.3, -0.25) is 0 Å². The molecule has 2 saturated carbocycles. The summed E-state index contributed by atoms with van der Waals surface area (Å²) in [6, 6.07) is 0.921. The summed E-state index contributed by atoms with van der Waals surface area (Å²) in [4.78, 5) is 0. The van der Waals surface area contributed by atoms with Crippen LogP contribution in [0.1, 0.15) is 67.6 Å². The summed E-state index contributed by atoms with van der Waals surface area (Å²) in [5.41, 5.74) is 0. The molecule has 0 N–H and O–H groups in total. The Kier molecular flexibility index (Phi) is 6.32. The second-order valence-electron chi connectivity index (χ2n) is 8.44. The molecule has 2 aliphatic carbocycles. The van der Waals surface area contributed by atoms with Crippen LogP contribution in [0.25, 0.3) is 0 Å². The summed E-state index contributed by atoms with van der Waals surface area (Å²) >= 11 is 0. The highest BCUT2D eigenvalue weighted by molar-refractivity contribution is 5.25. The van der Waals surface area contributed by atoms with Crippen LogP contribution in [0.2, 0.25) is 0 Å². The lowest BCUT2D eigenvalue weighted by molar-refractivity contribution is -0.223. The van der Waals surface area contributed by atoms with Crippen LogP contribution in [0.15, 0.2) is 12.1 Å². The molecule has 0 spiro atoms. The van der Waals surface area contributed by atoms with E-state index in [2.05, 4.69) is 11.7 Å². The maximum Gasteiger partial charge on any atom is 0.400 e. The highest BCUT2D eigenvalue weighted by Gasteiger charge is 2.44. The van der Waals surface area contributed by atoms with Gasteiger partial charge in [-0.2, -0.15) is 8.78 Å². The molecular formula is C21H31F5O. The van der Waals surface area contributed by atoms with Crippen LogP contribution in [0.4, 0.5) is 22.0 Å². The van der Waals surface area contributed by atoms with Gasteiger partial charge in [0.2, 0.25) is 0 Å². The van der Waals surface area contributed by atoms with E-state index < -0.39 is 35.2 Å².